The number of aryl methyl sites for hydroxylation is 1. The van der Waals surface area contributed by atoms with Crippen LogP contribution in [0.5, 0.6) is 11.6 Å². The summed E-state index contributed by atoms with van der Waals surface area (Å²) in [5, 5.41) is 3.93. The first-order valence-corrected chi connectivity index (χ1v) is 9.45. The predicted octanol–water partition coefficient (Wildman–Crippen LogP) is 4.81. The minimum Gasteiger partial charge on any atom is -0.441 e. The third-order valence-corrected chi connectivity index (χ3v) is 4.35. The van der Waals surface area contributed by atoms with E-state index in [9.17, 15) is 4.39 Å². The van der Waals surface area contributed by atoms with Gasteiger partial charge < -0.3 is 19.7 Å². The van der Waals surface area contributed by atoms with Crippen LogP contribution >= 0.6 is 0 Å². The van der Waals surface area contributed by atoms with Crippen molar-refractivity contribution >= 4 is 5.84 Å². The molecule has 2 aromatic carbocycles. The molecule has 0 aliphatic heterocycles. The molecule has 0 atom stereocenters. The number of halogens is 1. The molecule has 0 unspecified atom stereocenters. The fourth-order valence-corrected chi connectivity index (χ4v) is 2.70. The summed E-state index contributed by atoms with van der Waals surface area (Å²) in [6, 6.07) is 18.6. The average Bonchev–Trinajstić information content (AvgIpc) is 3.17. The number of rotatable bonds is 7. The SMILES string of the molecule is Cc1oc(-c2ccccc2)nc1CO/N=C(/N)c1ccc(Oc2ccc(F)cc2)nc1. The second kappa shape index (κ2) is 9.08. The molecule has 0 aliphatic carbocycles. The molecule has 4 rings (SSSR count). The van der Waals surface area contributed by atoms with Gasteiger partial charge in [-0.05, 0) is 49.4 Å². The van der Waals surface area contributed by atoms with E-state index in [1.807, 2.05) is 37.3 Å². The molecule has 0 saturated heterocycles. The number of hydrogen-bond donors (Lipinski definition) is 1. The number of oxime groups is 1. The fourth-order valence-electron chi connectivity index (χ4n) is 2.70. The monoisotopic (exact) mass is 418 g/mol. The number of pyridine rings is 1. The normalized spacial score (nSPS) is 11.4. The minimum atomic E-state index is -0.336. The number of benzene rings is 2. The zero-order chi connectivity index (χ0) is 21.6. The maximum Gasteiger partial charge on any atom is 0.226 e. The van der Waals surface area contributed by atoms with Crippen LogP contribution in [0.2, 0.25) is 0 Å². The van der Waals surface area contributed by atoms with Crippen LogP contribution in [0.3, 0.4) is 0 Å². The molecule has 31 heavy (non-hydrogen) atoms. The van der Waals surface area contributed by atoms with Crippen molar-refractivity contribution in [2.45, 2.75) is 13.5 Å². The summed E-state index contributed by atoms with van der Waals surface area (Å²) < 4.78 is 24.2. The maximum atomic E-state index is 13.0. The number of ether oxygens (including phenoxy) is 1. The number of nitrogens with two attached hydrogens (primary N) is 1. The zero-order valence-corrected chi connectivity index (χ0v) is 16.7. The molecule has 156 valence electrons. The van der Waals surface area contributed by atoms with E-state index in [1.54, 1.807) is 12.1 Å². The van der Waals surface area contributed by atoms with Crippen LogP contribution in [0, 0.1) is 12.7 Å². The largest absolute Gasteiger partial charge is 0.441 e. The van der Waals surface area contributed by atoms with Crippen molar-refractivity contribution in [1.82, 2.24) is 9.97 Å². The molecule has 4 aromatic rings. The van der Waals surface area contributed by atoms with Crippen molar-refractivity contribution in [1.29, 1.82) is 0 Å². The van der Waals surface area contributed by atoms with Crippen molar-refractivity contribution in [2.75, 3.05) is 0 Å². The smallest absolute Gasteiger partial charge is 0.226 e. The maximum absolute atomic E-state index is 13.0. The van der Waals surface area contributed by atoms with E-state index in [-0.39, 0.29) is 18.3 Å². The van der Waals surface area contributed by atoms with Gasteiger partial charge in [0, 0.05) is 23.4 Å². The highest BCUT2D eigenvalue weighted by Crippen LogP contribution is 2.22. The Morgan fingerprint density at radius 2 is 1.84 bits per heavy atom. The highest BCUT2D eigenvalue weighted by Gasteiger charge is 2.12. The van der Waals surface area contributed by atoms with Gasteiger partial charge in [-0.3, -0.25) is 0 Å². The van der Waals surface area contributed by atoms with E-state index in [0.29, 0.717) is 34.5 Å². The first-order chi connectivity index (χ1) is 15.1. The lowest BCUT2D eigenvalue weighted by Gasteiger charge is -2.05. The quantitative estimate of drug-likeness (QED) is 0.263. The highest BCUT2D eigenvalue weighted by molar-refractivity contribution is 5.96. The molecule has 2 heterocycles. The third-order valence-electron chi connectivity index (χ3n) is 4.35. The Bertz CT molecular complexity index is 1170. The van der Waals surface area contributed by atoms with Gasteiger partial charge in [0.15, 0.2) is 12.4 Å². The second-order valence-corrected chi connectivity index (χ2v) is 6.58. The summed E-state index contributed by atoms with van der Waals surface area (Å²) in [5.41, 5.74) is 8.05. The Kier molecular flexibility index (Phi) is 5.89. The van der Waals surface area contributed by atoms with Gasteiger partial charge in [0.25, 0.3) is 0 Å². The van der Waals surface area contributed by atoms with Gasteiger partial charge in [0.05, 0.1) is 0 Å². The summed E-state index contributed by atoms with van der Waals surface area (Å²) in [6.45, 7) is 1.93. The lowest BCUT2D eigenvalue weighted by molar-refractivity contribution is 0.127. The van der Waals surface area contributed by atoms with Gasteiger partial charge in [0.2, 0.25) is 11.8 Å². The Morgan fingerprint density at radius 3 is 2.55 bits per heavy atom. The van der Waals surface area contributed by atoms with Crippen LogP contribution in [-0.2, 0) is 11.4 Å². The topological polar surface area (TPSA) is 95.8 Å². The molecule has 0 spiro atoms. The van der Waals surface area contributed by atoms with Crippen molar-refractivity contribution in [3.63, 3.8) is 0 Å². The molecule has 0 radical (unpaired) electrons. The molecule has 2 aromatic heterocycles. The lowest BCUT2D eigenvalue weighted by atomic mass is 10.2. The van der Waals surface area contributed by atoms with Crippen molar-refractivity contribution in [3.8, 4) is 23.1 Å². The van der Waals surface area contributed by atoms with Crippen molar-refractivity contribution in [2.24, 2.45) is 10.9 Å². The van der Waals surface area contributed by atoms with E-state index in [4.69, 9.17) is 19.7 Å². The summed E-state index contributed by atoms with van der Waals surface area (Å²) in [7, 11) is 0. The van der Waals surface area contributed by atoms with Crippen molar-refractivity contribution < 1.29 is 18.4 Å². The number of hydrogen-bond acceptors (Lipinski definition) is 6. The van der Waals surface area contributed by atoms with E-state index in [0.717, 1.165) is 5.56 Å². The Hall–Kier alpha value is -4.20. The molecule has 7 nitrogen and oxygen atoms in total. The van der Waals surface area contributed by atoms with Crippen LogP contribution in [0.1, 0.15) is 17.0 Å². The van der Waals surface area contributed by atoms with Gasteiger partial charge in [0.1, 0.15) is 23.0 Å². The van der Waals surface area contributed by atoms with Gasteiger partial charge >= 0.3 is 0 Å². The van der Waals surface area contributed by atoms with E-state index in [1.165, 1.54) is 30.5 Å². The summed E-state index contributed by atoms with van der Waals surface area (Å²) in [5.74, 6) is 1.81. The van der Waals surface area contributed by atoms with Crippen LogP contribution in [0.25, 0.3) is 11.5 Å². The van der Waals surface area contributed by atoms with Crippen LogP contribution in [-0.4, -0.2) is 15.8 Å². The van der Waals surface area contributed by atoms with Crippen LogP contribution in [0.15, 0.2) is 82.5 Å². The Morgan fingerprint density at radius 1 is 1.06 bits per heavy atom. The first-order valence-electron chi connectivity index (χ1n) is 9.45. The average molecular weight is 418 g/mol. The molecular weight excluding hydrogens is 399 g/mol. The Labute approximate surface area is 178 Å². The van der Waals surface area contributed by atoms with Crippen LogP contribution in [0.4, 0.5) is 4.39 Å². The number of nitrogens with zero attached hydrogens (tertiary/aromatic N) is 3. The lowest BCUT2D eigenvalue weighted by Crippen LogP contribution is -2.14. The summed E-state index contributed by atoms with van der Waals surface area (Å²) in [4.78, 5) is 14.0. The molecular formula is C23H19FN4O3. The summed E-state index contributed by atoms with van der Waals surface area (Å²) >= 11 is 0. The number of aromatic nitrogens is 2. The van der Waals surface area contributed by atoms with E-state index >= 15 is 0 Å². The highest BCUT2D eigenvalue weighted by atomic mass is 19.1. The second-order valence-electron chi connectivity index (χ2n) is 6.58. The number of oxazole rings is 1. The molecule has 0 saturated carbocycles. The van der Waals surface area contributed by atoms with Gasteiger partial charge in [-0.15, -0.1) is 0 Å². The van der Waals surface area contributed by atoms with E-state index in [2.05, 4.69) is 15.1 Å². The predicted molar refractivity (Wildman–Crippen MR) is 113 cm³/mol. The minimum absolute atomic E-state index is 0.113. The first kappa shape index (κ1) is 20.1. The van der Waals surface area contributed by atoms with Crippen LogP contribution < -0.4 is 10.5 Å². The molecule has 2 N–H and O–H groups in total. The third kappa shape index (κ3) is 5.05. The van der Waals surface area contributed by atoms with E-state index < -0.39 is 0 Å². The molecule has 8 heteroatoms. The zero-order valence-electron chi connectivity index (χ0n) is 16.7. The molecule has 0 bridgehead atoms. The molecule has 0 amide bonds. The Balaban J connectivity index is 1.36. The van der Waals surface area contributed by atoms with Crippen molar-refractivity contribution in [3.05, 3.63) is 95.8 Å². The van der Waals surface area contributed by atoms with Gasteiger partial charge in [-0.25, -0.2) is 14.4 Å². The molecule has 0 fully saturated rings. The standard InChI is InChI=1S/C23H19FN4O3/c1-15-20(27-23(30-15)16-5-3-2-4-6-16)14-29-28-22(25)17-7-12-21(26-13-17)31-19-10-8-18(24)9-11-19/h2-13H,14H2,1H3,(H2,25,28). The number of amidine groups is 1. The summed E-state index contributed by atoms with van der Waals surface area (Å²) in [6.07, 6.45) is 1.51. The van der Waals surface area contributed by atoms with Gasteiger partial charge in [-0.2, -0.15) is 0 Å². The fraction of sp³-hybridized carbons (Fsp3) is 0.0870. The molecule has 0 aliphatic rings. The van der Waals surface area contributed by atoms with Gasteiger partial charge in [-0.1, -0.05) is 23.4 Å².